The molecule has 1 unspecified atom stereocenters. The zero-order valence-electron chi connectivity index (χ0n) is 16.0. The quantitative estimate of drug-likeness (QED) is 0.630. The third kappa shape index (κ3) is 3.65. The first-order valence-corrected chi connectivity index (χ1v) is 8.77. The summed E-state index contributed by atoms with van der Waals surface area (Å²) in [5.74, 6) is 0.848. The molecule has 0 fully saturated rings. The van der Waals surface area contributed by atoms with Crippen molar-refractivity contribution in [3.63, 3.8) is 0 Å². The van der Waals surface area contributed by atoms with E-state index in [4.69, 9.17) is 9.15 Å². The number of rotatable bonds is 5. The number of aryl methyl sites for hydroxylation is 2. The van der Waals surface area contributed by atoms with Gasteiger partial charge in [0.2, 0.25) is 0 Å². The maximum atomic E-state index is 12.0. The molecule has 4 heteroatoms. The number of methoxy groups -OCH3 is 1. The first kappa shape index (κ1) is 18.2. The van der Waals surface area contributed by atoms with Crippen LogP contribution in [0.5, 0.6) is 5.75 Å². The molecule has 1 aromatic heterocycles. The molecular formula is C22H25NO3. The minimum absolute atomic E-state index is 0.203. The Bertz CT molecular complexity index is 973. The van der Waals surface area contributed by atoms with Gasteiger partial charge in [-0.05, 0) is 74.3 Å². The van der Waals surface area contributed by atoms with Gasteiger partial charge in [0, 0.05) is 24.0 Å². The van der Waals surface area contributed by atoms with E-state index in [1.165, 1.54) is 11.1 Å². The lowest BCUT2D eigenvalue weighted by Crippen LogP contribution is -2.22. The minimum Gasteiger partial charge on any atom is -0.497 e. The standard InChI is InChI=1S/C22H25NO3/c1-14-10-20-18(12-22(24)26-21(20)11-15(14)2)13-23(4)16(3)17-6-8-19(25-5)9-7-17/h6-12,16H,13H2,1-5H3. The number of hydrogen-bond acceptors (Lipinski definition) is 4. The van der Waals surface area contributed by atoms with Gasteiger partial charge in [0.25, 0.3) is 0 Å². The molecule has 0 aliphatic carbocycles. The molecule has 1 atom stereocenters. The SMILES string of the molecule is COc1ccc(C(C)N(C)Cc2cc(=O)oc3cc(C)c(C)cc23)cc1. The lowest BCUT2D eigenvalue weighted by molar-refractivity contribution is 0.253. The molecule has 3 aromatic rings. The second-order valence-electron chi connectivity index (χ2n) is 6.89. The average Bonchev–Trinajstić information content (AvgIpc) is 2.62. The van der Waals surface area contributed by atoms with Crippen molar-refractivity contribution >= 4 is 11.0 Å². The van der Waals surface area contributed by atoms with Gasteiger partial charge < -0.3 is 9.15 Å². The Morgan fingerprint density at radius 3 is 2.38 bits per heavy atom. The fourth-order valence-electron chi connectivity index (χ4n) is 3.16. The summed E-state index contributed by atoms with van der Waals surface area (Å²) in [5, 5.41) is 1.00. The second kappa shape index (κ2) is 7.34. The number of hydrogen-bond donors (Lipinski definition) is 0. The van der Waals surface area contributed by atoms with Crippen molar-refractivity contribution in [1.29, 1.82) is 0 Å². The van der Waals surface area contributed by atoms with E-state index >= 15 is 0 Å². The summed E-state index contributed by atoms with van der Waals surface area (Å²) in [6.45, 7) is 6.93. The van der Waals surface area contributed by atoms with Crippen LogP contribution in [0.3, 0.4) is 0 Å². The fourth-order valence-corrected chi connectivity index (χ4v) is 3.16. The first-order valence-electron chi connectivity index (χ1n) is 8.77. The van der Waals surface area contributed by atoms with Crippen LogP contribution in [0.4, 0.5) is 0 Å². The van der Waals surface area contributed by atoms with E-state index in [1.54, 1.807) is 13.2 Å². The van der Waals surface area contributed by atoms with Gasteiger partial charge in [-0.1, -0.05) is 12.1 Å². The first-order chi connectivity index (χ1) is 12.4. The van der Waals surface area contributed by atoms with Crippen LogP contribution in [-0.4, -0.2) is 19.1 Å². The van der Waals surface area contributed by atoms with Crippen molar-refractivity contribution in [3.8, 4) is 5.75 Å². The second-order valence-corrected chi connectivity index (χ2v) is 6.89. The summed E-state index contributed by atoms with van der Waals surface area (Å²) in [6, 6.07) is 14.0. The highest BCUT2D eigenvalue weighted by atomic mass is 16.5. The molecule has 136 valence electrons. The van der Waals surface area contributed by atoms with Gasteiger partial charge in [0.1, 0.15) is 11.3 Å². The maximum absolute atomic E-state index is 12.0. The molecule has 0 radical (unpaired) electrons. The Morgan fingerprint density at radius 1 is 1.08 bits per heavy atom. The third-order valence-electron chi connectivity index (χ3n) is 5.12. The van der Waals surface area contributed by atoms with Crippen LogP contribution in [0.25, 0.3) is 11.0 Å². The van der Waals surface area contributed by atoms with Gasteiger partial charge in [-0.2, -0.15) is 0 Å². The molecule has 26 heavy (non-hydrogen) atoms. The molecule has 1 heterocycles. The van der Waals surface area contributed by atoms with Crippen LogP contribution in [-0.2, 0) is 6.54 Å². The Labute approximate surface area is 154 Å². The molecule has 0 spiro atoms. The molecule has 0 aliphatic heterocycles. The molecule has 3 rings (SSSR count). The summed E-state index contributed by atoms with van der Waals surface area (Å²) in [6.07, 6.45) is 0. The van der Waals surface area contributed by atoms with Crippen LogP contribution in [0.2, 0.25) is 0 Å². The lowest BCUT2D eigenvalue weighted by atomic mass is 10.0. The van der Waals surface area contributed by atoms with Crippen molar-refractivity contribution in [2.75, 3.05) is 14.2 Å². The summed E-state index contributed by atoms with van der Waals surface area (Å²) in [4.78, 5) is 14.2. The minimum atomic E-state index is -0.304. The van der Waals surface area contributed by atoms with Gasteiger partial charge >= 0.3 is 5.63 Å². The van der Waals surface area contributed by atoms with Crippen LogP contribution in [0.1, 0.15) is 35.2 Å². The molecule has 4 nitrogen and oxygen atoms in total. The summed E-state index contributed by atoms with van der Waals surface area (Å²) >= 11 is 0. The van der Waals surface area contributed by atoms with E-state index in [-0.39, 0.29) is 11.7 Å². The number of nitrogens with zero attached hydrogens (tertiary/aromatic N) is 1. The van der Waals surface area contributed by atoms with Gasteiger partial charge in [-0.15, -0.1) is 0 Å². The number of benzene rings is 2. The maximum Gasteiger partial charge on any atom is 0.336 e. The number of fused-ring (bicyclic) bond motifs is 1. The monoisotopic (exact) mass is 351 g/mol. The lowest BCUT2D eigenvalue weighted by Gasteiger charge is -2.25. The zero-order chi connectivity index (χ0) is 18.8. The molecule has 0 aliphatic rings. The van der Waals surface area contributed by atoms with E-state index < -0.39 is 0 Å². The smallest absolute Gasteiger partial charge is 0.336 e. The summed E-state index contributed by atoms with van der Waals surface area (Å²) in [5.41, 5.74) is 4.85. The highest BCUT2D eigenvalue weighted by Crippen LogP contribution is 2.26. The van der Waals surface area contributed by atoms with Crippen molar-refractivity contribution in [2.45, 2.75) is 33.4 Å². The van der Waals surface area contributed by atoms with E-state index in [0.29, 0.717) is 12.1 Å². The molecular weight excluding hydrogens is 326 g/mol. The van der Waals surface area contributed by atoms with Crippen molar-refractivity contribution < 1.29 is 9.15 Å². The summed E-state index contributed by atoms with van der Waals surface area (Å²) in [7, 11) is 3.73. The Morgan fingerprint density at radius 2 is 1.73 bits per heavy atom. The van der Waals surface area contributed by atoms with Crippen LogP contribution in [0, 0.1) is 13.8 Å². The molecule has 2 aromatic carbocycles. The average molecular weight is 351 g/mol. The van der Waals surface area contributed by atoms with Gasteiger partial charge in [0.15, 0.2) is 0 Å². The van der Waals surface area contributed by atoms with E-state index in [9.17, 15) is 4.79 Å². The summed E-state index contributed by atoms with van der Waals surface area (Å²) < 4.78 is 10.6. The van der Waals surface area contributed by atoms with Gasteiger partial charge in [-0.3, -0.25) is 4.90 Å². The molecule has 0 saturated carbocycles. The molecule has 0 amide bonds. The zero-order valence-corrected chi connectivity index (χ0v) is 16.0. The topological polar surface area (TPSA) is 42.7 Å². The van der Waals surface area contributed by atoms with Crippen LogP contribution >= 0.6 is 0 Å². The van der Waals surface area contributed by atoms with Gasteiger partial charge in [-0.25, -0.2) is 4.79 Å². The van der Waals surface area contributed by atoms with Crippen molar-refractivity contribution in [1.82, 2.24) is 4.90 Å². The van der Waals surface area contributed by atoms with Crippen LogP contribution < -0.4 is 10.4 Å². The van der Waals surface area contributed by atoms with E-state index in [0.717, 1.165) is 22.3 Å². The van der Waals surface area contributed by atoms with Gasteiger partial charge in [0.05, 0.1) is 7.11 Å². The number of ether oxygens (including phenoxy) is 1. The molecule has 0 saturated heterocycles. The van der Waals surface area contributed by atoms with Crippen molar-refractivity contribution in [3.05, 3.63) is 75.1 Å². The largest absolute Gasteiger partial charge is 0.497 e. The van der Waals surface area contributed by atoms with E-state index in [2.05, 4.69) is 44.0 Å². The predicted octanol–water partition coefficient (Wildman–Crippen LogP) is 4.61. The highest BCUT2D eigenvalue weighted by Gasteiger charge is 2.15. The molecule has 0 bridgehead atoms. The normalized spacial score (nSPS) is 12.5. The molecule has 0 N–H and O–H groups in total. The Kier molecular flexibility index (Phi) is 5.14. The van der Waals surface area contributed by atoms with E-state index in [1.807, 2.05) is 25.1 Å². The highest BCUT2D eigenvalue weighted by molar-refractivity contribution is 5.81. The van der Waals surface area contributed by atoms with Crippen LogP contribution in [0.15, 0.2) is 51.7 Å². The van der Waals surface area contributed by atoms with Crippen molar-refractivity contribution in [2.24, 2.45) is 0 Å². The predicted molar refractivity (Wildman–Crippen MR) is 105 cm³/mol. The Hall–Kier alpha value is -2.59. The third-order valence-corrected chi connectivity index (χ3v) is 5.12. The Balaban J connectivity index is 1.91. The fraction of sp³-hybridized carbons (Fsp3) is 0.318.